The summed E-state index contributed by atoms with van der Waals surface area (Å²) in [4.78, 5) is 14.0. The van der Waals surface area contributed by atoms with Crippen molar-refractivity contribution in [2.75, 3.05) is 19.7 Å². The molecule has 1 aromatic rings. The van der Waals surface area contributed by atoms with Crippen LogP contribution >= 0.6 is 0 Å². The SMILES string of the molecule is CCC[C@H](N)C(=O)N1CCO[C@@H](c2ccc(F)c(C)c2)C1. The van der Waals surface area contributed by atoms with Crippen molar-refractivity contribution < 1.29 is 13.9 Å². The minimum absolute atomic E-state index is 0.0241. The van der Waals surface area contributed by atoms with E-state index in [9.17, 15) is 9.18 Å². The lowest BCUT2D eigenvalue weighted by Crippen LogP contribution is -2.49. The molecule has 0 radical (unpaired) electrons. The van der Waals surface area contributed by atoms with Crippen molar-refractivity contribution in [1.29, 1.82) is 0 Å². The van der Waals surface area contributed by atoms with Crippen LogP contribution in [0.2, 0.25) is 0 Å². The Morgan fingerprint density at radius 3 is 3.00 bits per heavy atom. The number of ether oxygens (including phenoxy) is 1. The van der Waals surface area contributed by atoms with E-state index in [0.29, 0.717) is 31.7 Å². The Hall–Kier alpha value is -1.46. The normalized spacial score (nSPS) is 20.4. The summed E-state index contributed by atoms with van der Waals surface area (Å²) >= 11 is 0. The van der Waals surface area contributed by atoms with Crippen molar-refractivity contribution in [2.24, 2.45) is 5.73 Å². The molecule has 2 atom stereocenters. The van der Waals surface area contributed by atoms with Crippen LogP contribution in [0.25, 0.3) is 0 Å². The van der Waals surface area contributed by atoms with Crippen LogP contribution in [-0.2, 0) is 9.53 Å². The van der Waals surface area contributed by atoms with Gasteiger partial charge in [-0.15, -0.1) is 0 Å². The molecular formula is C16H23FN2O2. The van der Waals surface area contributed by atoms with Gasteiger partial charge in [-0.05, 0) is 30.5 Å². The Labute approximate surface area is 125 Å². The van der Waals surface area contributed by atoms with E-state index in [0.717, 1.165) is 12.0 Å². The maximum absolute atomic E-state index is 13.3. The monoisotopic (exact) mass is 294 g/mol. The zero-order valence-electron chi connectivity index (χ0n) is 12.6. The fourth-order valence-electron chi connectivity index (χ4n) is 2.59. The van der Waals surface area contributed by atoms with E-state index in [1.807, 2.05) is 6.92 Å². The maximum atomic E-state index is 13.3. The number of nitrogens with two attached hydrogens (primary N) is 1. The highest BCUT2D eigenvalue weighted by atomic mass is 19.1. The molecule has 2 rings (SSSR count). The standard InChI is InChI=1S/C16H23FN2O2/c1-3-4-14(18)16(20)19-7-8-21-15(10-19)12-5-6-13(17)11(2)9-12/h5-6,9,14-15H,3-4,7-8,10,18H2,1-2H3/t14-,15+/m0/s1. The van der Waals surface area contributed by atoms with Gasteiger partial charge in [0.1, 0.15) is 11.9 Å². The van der Waals surface area contributed by atoms with Gasteiger partial charge in [0.25, 0.3) is 0 Å². The molecule has 21 heavy (non-hydrogen) atoms. The molecule has 0 aromatic heterocycles. The number of carbonyl (C=O) groups is 1. The third-order valence-electron chi connectivity index (χ3n) is 3.85. The molecule has 1 amide bonds. The number of halogens is 1. The van der Waals surface area contributed by atoms with Crippen molar-refractivity contribution in [3.8, 4) is 0 Å². The number of morpholine rings is 1. The summed E-state index contributed by atoms with van der Waals surface area (Å²) in [6, 6.07) is 4.49. The van der Waals surface area contributed by atoms with Crippen molar-refractivity contribution in [3.05, 3.63) is 35.1 Å². The number of hydrogen-bond donors (Lipinski definition) is 1. The summed E-state index contributed by atoms with van der Waals surface area (Å²) < 4.78 is 19.1. The first-order valence-corrected chi connectivity index (χ1v) is 7.45. The molecule has 0 unspecified atom stereocenters. The van der Waals surface area contributed by atoms with Gasteiger partial charge in [-0.25, -0.2) is 4.39 Å². The Kier molecular flexibility index (Phi) is 5.31. The lowest BCUT2D eigenvalue weighted by molar-refractivity contribution is -0.140. The predicted molar refractivity (Wildman–Crippen MR) is 79.3 cm³/mol. The number of nitrogens with zero attached hydrogens (tertiary/aromatic N) is 1. The van der Waals surface area contributed by atoms with E-state index < -0.39 is 6.04 Å². The average Bonchev–Trinajstić information content (AvgIpc) is 2.49. The molecule has 1 aromatic carbocycles. The molecule has 1 fully saturated rings. The molecule has 5 heteroatoms. The largest absolute Gasteiger partial charge is 0.370 e. The van der Waals surface area contributed by atoms with Crippen LogP contribution in [-0.4, -0.2) is 36.5 Å². The molecule has 1 aliphatic rings. The van der Waals surface area contributed by atoms with Gasteiger partial charge in [-0.1, -0.05) is 25.5 Å². The Morgan fingerprint density at radius 1 is 1.57 bits per heavy atom. The third kappa shape index (κ3) is 3.80. The van der Waals surface area contributed by atoms with E-state index in [2.05, 4.69) is 0 Å². The van der Waals surface area contributed by atoms with Crippen LogP contribution in [0.5, 0.6) is 0 Å². The highest BCUT2D eigenvalue weighted by Crippen LogP contribution is 2.24. The highest BCUT2D eigenvalue weighted by molar-refractivity contribution is 5.81. The van der Waals surface area contributed by atoms with Crippen molar-refractivity contribution in [1.82, 2.24) is 4.90 Å². The van der Waals surface area contributed by atoms with Crippen LogP contribution in [0.4, 0.5) is 4.39 Å². The molecule has 1 aliphatic heterocycles. The molecule has 0 aliphatic carbocycles. The number of carbonyl (C=O) groups excluding carboxylic acids is 1. The van der Waals surface area contributed by atoms with E-state index >= 15 is 0 Å². The lowest BCUT2D eigenvalue weighted by Gasteiger charge is -2.34. The minimum Gasteiger partial charge on any atom is -0.370 e. The molecule has 0 saturated carbocycles. The van der Waals surface area contributed by atoms with Gasteiger partial charge in [-0.3, -0.25) is 4.79 Å². The summed E-state index contributed by atoms with van der Waals surface area (Å²) in [6.45, 7) is 5.25. The van der Waals surface area contributed by atoms with E-state index in [1.165, 1.54) is 6.07 Å². The van der Waals surface area contributed by atoms with Gasteiger partial charge in [0.2, 0.25) is 5.91 Å². The molecule has 0 bridgehead atoms. The second-order valence-electron chi connectivity index (χ2n) is 5.55. The topological polar surface area (TPSA) is 55.6 Å². The number of aryl methyl sites for hydroxylation is 1. The highest BCUT2D eigenvalue weighted by Gasteiger charge is 2.28. The minimum atomic E-state index is -0.441. The van der Waals surface area contributed by atoms with Crippen LogP contribution in [0.15, 0.2) is 18.2 Å². The number of rotatable bonds is 4. The van der Waals surface area contributed by atoms with Gasteiger partial charge in [0.05, 0.1) is 19.2 Å². The number of hydrogen-bond acceptors (Lipinski definition) is 3. The van der Waals surface area contributed by atoms with Gasteiger partial charge < -0.3 is 15.4 Å². The van der Waals surface area contributed by atoms with Crippen LogP contribution in [0, 0.1) is 12.7 Å². The summed E-state index contributed by atoms with van der Waals surface area (Å²) in [7, 11) is 0. The molecule has 4 nitrogen and oxygen atoms in total. The molecular weight excluding hydrogens is 271 g/mol. The van der Waals surface area contributed by atoms with Crippen molar-refractivity contribution in [2.45, 2.75) is 38.8 Å². The number of benzene rings is 1. The second kappa shape index (κ2) is 7.00. The van der Waals surface area contributed by atoms with Crippen molar-refractivity contribution in [3.63, 3.8) is 0 Å². The molecule has 1 heterocycles. The second-order valence-corrected chi connectivity index (χ2v) is 5.55. The van der Waals surface area contributed by atoms with Crippen molar-refractivity contribution >= 4 is 5.91 Å². The summed E-state index contributed by atoms with van der Waals surface area (Å²) in [5, 5.41) is 0. The van der Waals surface area contributed by atoms with Crippen LogP contribution < -0.4 is 5.73 Å². The summed E-state index contributed by atoms with van der Waals surface area (Å²) in [5.41, 5.74) is 7.39. The van der Waals surface area contributed by atoms with Crippen LogP contribution in [0.1, 0.15) is 37.0 Å². The zero-order chi connectivity index (χ0) is 15.4. The fraction of sp³-hybridized carbons (Fsp3) is 0.562. The predicted octanol–water partition coefficient (Wildman–Crippen LogP) is 2.16. The number of amides is 1. The average molecular weight is 294 g/mol. The first-order valence-electron chi connectivity index (χ1n) is 7.45. The fourth-order valence-corrected chi connectivity index (χ4v) is 2.59. The summed E-state index contributed by atoms with van der Waals surface area (Å²) in [5.74, 6) is -0.253. The molecule has 0 spiro atoms. The van der Waals surface area contributed by atoms with Gasteiger partial charge in [0, 0.05) is 6.54 Å². The van der Waals surface area contributed by atoms with Gasteiger partial charge >= 0.3 is 0 Å². The van der Waals surface area contributed by atoms with Gasteiger partial charge in [0.15, 0.2) is 0 Å². The Bertz CT molecular complexity index is 507. The Morgan fingerprint density at radius 2 is 2.33 bits per heavy atom. The third-order valence-corrected chi connectivity index (χ3v) is 3.85. The molecule has 116 valence electrons. The zero-order valence-corrected chi connectivity index (χ0v) is 12.6. The van der Waals surface area contributed by atoms with E-state index in [-0.39, 0.29) is 17.8 Å². The summed E-state index contributed by atoms with van der Waals surface area (Å²) in [6.07, 6.45) is 1.37. The first-order chi connectivity index (χ1) is 10.0. The van der Waals surface area contributed by atoms with E-state index in [1.54, 1.807) is 24.0 Å². The molecule has 1 saturated heterocycles. The van der Waals surface area contributed by atoms with Gasteiger partial charge in [-0.2, -0.15) is 0 Å². The first kappa shape index (κ1) is 15.9. The van der Waals surface area contributed by atoms with Crippen LogP contribution in [0.3, 0.4) is 0 Å². The maximum Gasteiger partial charge on any atom is 0.239 e. The van der Waals surface area contributed by atoms with E-state index in [4.69, 9.17) is 10.5 Å². The smallest absolute Gasteiger partial charge is 0.239 e. The Balaban J connectivity index is 2.06. The lowest BCUT2D eigenvalue weighted by atomic mass is 10.0. The molecule has 2 N–H and O–H groups in total. The quantitative estimate of drug-likeness (QED) is 0.926.